The van der Waals surface area contributed by atoms with Crippen molar-refractivity contribution in [1.29, 1.82) is 0 Å². The van der Waals surface area contributed by atoms with E-state index in [0.29, 0.717) is 6.54 Å². The number of carboxylic acids is 1. The number of hydrogen-bond acceptors (Lipinski definition) is 3. The first-order valence-electron chi connectivity index (χ1n) is 5.19. The highest BCUT2D eigenvalue weighted by Crippen LogP contribution is 2.40. The molecule has 5 nitrogen and oxygen atoms in total. The topological polar surface area (TPSA) is 67.2 Å². The normalized spacial score (nSPS) is 19.4. The number of nitrogens with zero attached hydrogens (tertiary/aromatic N) is 2. The average Bonchev–Trinajstić information content (AvgIpc) is 3.00. The summed E-state index contributed by atoms with van der Waals surface area (Å²) in [6.45, 7) is 0.356. The van der Waals surface area contributed by atoms with Gasteiger partial charge in [-0.3, -0.25) is 9.48 Å². The van der Waals surface area contributed by atoms with Gasteiger partial charge in [0.25, 0.3) is 0 Å². The van der Waals surface area contributed by atoms with Crippen molar-refractivity contribution in [3.05, 3.63) is 16.9 Å². The van der Waals surface area contributed by atoms with Crippen LogP contribution < -0.4 is 5.32 Å². The third kappa shape index (κ3) is 1.99. The maximum Gasteiger partial charge on any atom is 0.326 e. The lowest BCUT2D eigenvalue weighted by Gasteiger charge is -2.28. The van der Waals surface area contributed by atoms with Gasteiger partial charge in [0.05, 0.1) is 17.2 Å². The molecule has 0 radical (unpaired) electrons. The molecular formula is C10H14BrN3O2. The fourth-order valence-corrected chi connectivity index (χ4v) is 2.35. The van der Waals surface area contributed by atoms with E-state index < -0.39 is 11.5 Å². The van der Waals surface area contributed by atoms with E-state index in [1.165, 1.54) is 0 Å². The monoisotopic (exact) mass is 287 g/mol. The van der Waals surface area contributed by atoms with Gasteiger partial charge < -0.3 is 10.4 Å². The van der Waals surface area contributed by atoms with Crippen LogP contribution >= 0.6 is 15.9 Å². The molecule has 2 rings (SSSR count). The van der Waals surface area contributed by atoms with E-state index in [1.807, 2.05) is 0 Å². The van der Waals surface area contributed by atoms with Crippen molar-refractivity contribution >= 4 is 21.9 Å². The molecule has 1 saturated carbocycles. The Kier molecular flexibility index (Phi) is 3.03. The van der Waals surface area contributed by atoms with Crippen LogP contribution in [0.3, 0.4) is 0 Å². The lowest BCUT2D eigenvalue weighted by molar-refractivity contribution is -0.146. The second kappa shape index (κ2) is 4.18. The average molecular weight is 288 g/mol. The van der Waals surface area contributed by atoms with Crippen molar-refractivity contribution in [2.45, 2.75) is 24.9 Å². The standard InChI is InChI=1S/C10H14BrN3O2/c1-12-10(9(15)16,7-2-3-7)6-14-5-8(11)4-13-14/h4-5,7,12H,2-3,6H2,1H3,(H,15,16). The summed E-state index contributed by atoms with van der Waals surface area (Å²) in [4.78, 5) is 11.4. The highest BCUT2D eigenvalue weighted by molar-refractivity contribution is 9.10. The van der Waals surface area contributed by atoms with E-state index in [2.05, 4.69) is 26.3 Å². The van der Waals surface area contributed by atoms with Gasteiger partial charge in [-0.25, -0.2) is 0 Å². The van der Waals surface area contributed by atoms with E-state index >= 15 is 0 Å². The number of rotatable bonds is 5. The molecule has 1 aromatic rings. The van der Waals surface area contributed by atoms with Crippen LogP contribution in [0.4, 0.5) is 0 Å². The van der Waals surface area contributed by atoms with E-state index in [4.69, 9.17) is 0 Å². The molecule has 1 aromatic heterocycles. The predicted molar refractivity (Wildman–Crippen MR) is 62.1 cm³/mol. The summed E-state index contributed by atoms with van der Waals surface area (Å²) in [5.74, 6) is -0.595. The Labute approximate surface area is 102 Å². The quantitative estimate of drug-likeness (QED) is 0.851. The zero-order valence-electron chi connectivity index (χ0n) is 8.98. The summed E-state index contributed by atoms with van der Waals surface area (Å²) in [7, 11) is 1.70. The van der Waals surface area contributed by atoms with Gasteiger partial charge in [0.15, 0.2) is 0 Å². The smallest absolute Gasteiger partial charge is 0.326 e. The lowest BCUT2D eigenvalue weighted by atomic mass is 9.93. The Hall–Kier alpha value is -0.880. The molecule has 1 fully saturated rings. The summed E-state index contributed by atoms with van der Waals surface area (Å²) in [6, 6.07) is 0. The minimum atomic E-state index is -0.883. The fraction of sp³-hybridized carbons (Fsp3) is 0.600. The molecule has 1 unspecified atom stereocenters. The molecule has 0 bridgehead atoms. The number of carboxylic acid groups (broad SMARTS) is 1. The van der Waals surface area contributed by atoms with E-state index in [0.717, 1.165) is 17.3 Å². The van der Waals surface area contributed by atoms with Gasteiger partial charge in [0, 0.05) is 6.20 Å². The van der Waals surface area contributed by atoms with Crippen LogP contribution in [0, 0.1) is 5.92 Å². The number of nitrogens with one attached hydrogen (secondary N) is 1. The molecule has 6 heteroatoms. The van der Waals surface area contributed by atoms with Crippen LogP contribution in [0.1, 0.15) is 12.8 Å². The first kappa shape index (κ1) is 11.6. The molecule has 1 heterocycles. The highest BCUT2D eigenvalue weighted by Gasteiger charge is 2.50. The van der Waals surface area contributed by atoms with E-state index in [9.17, 15) is 9.90 Å². The Balaban J connectivity index is 2.22. The molecule has 16 heavy (non-hydrogen) atoms. The minimum absolute atomic E-state index is 0.206. The van der Waals surface area contributed by atoms with Crippen molar-refractivity contribution < 1.29 is 9.90 Å². The first-order chi connectivity index (χ1) is 7.58. The second-order valence-corrected chi connectivity index (χ2v) is 5.07. The van der Waals surface area contributed by atoms with Gasteiger partial charge in [0.2, 0.25) is 0 Å². The summed E-state index contributed by atoms with van der Waals surface area (Å²) < 4.78 is 2.52. The van der Waals surface area contributed by atoms with Crippen molar-refractivity contribution in [2.75, 3.05) is 7.05 Å². The SMILES string of the molecule is CNC(Cn1cc(Br)cn1)(C(=O)O)C1CC1. The zero-order chi connectivity index (χ0) is 11.8. The molecule has 2 N–H and O–H groups in total. The van der Waals surface area contributed by atoms with Crippen molar-refractivity contribution in [1.82, 2.24) is 15.1 Å². The maximum atomic E-state index is 11.4. The number of hydrogen-bond donors (Lipinski definition) is 2. The zero-order valence-corrected chi connectivity index (χ0v) is 10.6. The minimum Gasteiger partial charge on any atom is -0.480 e. The Morgan fingerprint density at radius 3 is 2.88 bits per heavy atom. The molecule has 0 aromatic carbocycles. The third-order valence-corrected chi connectivity index (χ3v) is 3.52. The van der Waals surface area contributed by atoms with Crippen molar-refractivity contribution in [3.63, 3.8) is 0 Å². The van der Waals surface area contributed by atoms with Gasteiger partial charge in [-0.1, -0.05) is 0 Å². The van der Waals surface area contributed by atoms with Gasteiger partial charge in [-0.15, -0.1) is 0 Å². The van der Waals surface area contributed by atoms with Crippen LogP contribution in [0.2, 0.25) is 0 Å². The van der Waals surface area contributed by atoms with E-state index in [1.54, 1.807) is 24.1 Å². The van der Waals surface area contributed by atoms with Crippen LogP contribution in [-0.4, -0.2) is 33.4 Å². The summed E-state index contributed by atoms with van der Waals surface area (Å²) in [6.07, 6.45) is 5.39. The maximum absolute atomic E-state index is 11.4. The van der Waals surface area contributed by atoms with Crippen molar-refractivity contribution in [3.8, 4) is 0 Å². The molecule has 1 aliphatic rings. The third-order valence-electron chi connectivity index (χ3n) is 3.12. The summed E-state index contributed by atoms with van der Waals surface area (Å²) in [5, 5.41) is 16.5. The lowest BCUT2D eigenvalue weighted by Crippen LogP contribution is -2.55. The molecule has 1 atom stereocenters. The molecule has 0 spiro atoms. The molecular weight excluding hydrogens is 274 g/mol. The molecule has 1 aliphatic carbocycles. The molecule has 0 aliphatic heterocycles. The van der Waals surface area contributed by atoms with Crippen LogP contribution in [-0.2, 0) is 11.3 Å². The number of likely N-dealkylation sites (N-methyl/N-ethyl adjacent to an activating group) is 1. The number of aromatic nitrogens is 2. The van der Waals surface area contributed by atoms with Gasteiger partial charge in [-0.05, 0) is 41.7 Å². The molecule has 88 valence electrons. The van der Waals surface area contributed by atoms with Crippen LogP contribution in [0.15, 0.2) is 16.9 Å². The summed E-state index contributed by atoms with van der Waals surface area (Å²) >= 11 is 3.30. The molecule has 0 amide bonds. The first-order valence-corrected chi connectivity index (χ1v) is 5.98. The Morgan fingerprint density at radius 2 is 2.50 bits per heavy atom. The van der Waals surface area contributed by atoms with Crippen LogP contribution in [0.5, 0.6) is 0 Å². The van der Waals surface area contributed by atoms with Crippen molar-refractivity contribution in [2.24, 2.45) is 5.92 Å². The highest BCUT2D eigenvalue weighted by atomic mass is 79.9. The number of carbonyl (C=O) groups is 1. The Bertz CT molecular complexity index is 403. The largest absolute Gasteiger partial charge is 0.480 e. The Morgan fingerprint density at radius 1 is 1.81 bits per heavy atom. The van der Waals surface area contributed by atoms with Gasteiger partial charge in [0.1, 0.15) is 5.54 Å². The van der Waals surface area contributed by atoms with E-state index in [-0.39, 0.29) is 5.92 Å². The number of aliphatic carboxylic acids is 1. The number of halogens is 1. The fourth-order valence-electron chi connectivity index (χ4n) is 2.02. The van der Waals surface area contributed by atoms with Gasteiger partial charge >= 0.3 is 5.97 Å². The summed E-state index contributed by atoms with van der Waals surface area (Å²) in [5.41, 5.74) is -0.883. The second-order valence-electron chi connectivity index (χ2n) is 4.16. The van der Waals surface area contributed by atoms with Crippen LogP contribution in [0.25, 0.3) is 0 Å². The molecule has 0 saturated heterocycles. The predicted octanol–water partition coefficient (Wildman–Crippen LogP) is 1.10. The van der Waals surface area contributed by atoms with Gasteiger partial charge in [-0.2, -0.15) is 5.10 Å².